The summed E-state index contributed by atoms with van der Waals surface area (Å²) in [5.41, 5.74) is 2.55. The van der Waals surface area contributed by atoms with Crippen molar-refractivity contribution in [1.29, 1.82) is 0 Å². The molecule has 0 saturated carbocycles. The van der Waals surface area contributed by atoms with Crippen LogP contribution in [0.15, 0.2) is 58.0 Å². The standard InChI is InChI=1S/C24H30F2N6O2/c1-30-21(18-12-19(25)14-20(26)13-18)5-6-22(33)32(30)15-16-3-2-4-17(11-16)23-28-24(34-29-23)31-9-7-27-8-10-31/h3,5-6,11-13,19,21-22,27,33H,2,4,7-10,14-15H2,1H3. The van der Waals surface area contributed by atoms with Gasteiger partial charge in [0, 0.05) is 51.8 Å². The molecule has 0 spiro atoms. The summed E-state index contributed by atoms with van der Waals surface area (Å²) >= 11 is 0. The molecule has 8 nitrogen and oxygen atoms in total. The first-order chi connectivity index (χ1) is 16.5. The van der Waals surface area contributed by atoms with Gasteiger partial charge in [-0.1, -0.05) is 23.4 Å². The minimum Gasteiger partial charge on any atom is -0.373 e. The number of allylic oxidation sites excluding steroid dienone is 4. The van der Waals surface area contributed by atoms with E-state index in [9.17, 15) is 13.9 Å². The first-order valence-electron chi connectivity index (χ1n) is 11.7. The molecule has 3 heterocycles. The Balaban J connectivity index is 1.30. The maximum absolute atomic E-state index is 13.9. The molecule has 2 N–H and O–H groups in total. The van der Waals surface area contributed by atoms with Crippen LogP contribution in [-0.4, -0.2) is 83.5 Å². The number of rotatable bonds is 5. The van der Waals surface area contributed by atoms with Gasteiger partial charge >= 0.3 is 6.01 Å². The van der Waals surface area contributed by atoms with Crippen LogP contribution in [0.3, 0.4) is 0 Å². The number of nitrogens with one attached hydrogen (secondary N) is 1. The van der Waals surface area contributed by atoms with Crippen molar-refractivity contribution < 1.29 is 18.4 Å². The minimum absolute atomic E-state index is 0.219. The van der Waals surface area contributed by atoms with E-state index in [4.69, 9.17) is 4.52 Å². The summed E-state index contributed by atoms with van der Waals surface area (Å²) < 4.78 is 33.3. The molecule has 1 aromatic rings. The van der Waals surface area contributed by atoms with Gasteiger partial charge in [-0.05, 0) is 42.2 Å². The van der Waals surface area contributed by atoms with Crippen molar-refractivity contribution in [2.45, 2.75) is 37.7 Å². The van der Waals surface area contributed by atoms with Gasteiger partial charge in [0.1, 0.15) is 18.2 Å². The number of alkyl halides is 1. The molecule has 3 atom stereocenters. The molecule has 0 aromatic carbocycles. The van der Waals surface area contributed by atoms with Gasteiger partial charge in [0.2, 0.25) is 0 Å². The van der Waals surface area contributed by atoms with Crippen molar-refractivity contribution in [3.63, 3.8) is 0 Å². The highest BCUT2D eigenvalue weighted by Crippen LogP contribution is 2.31. The molecular weight excluding hydrogens is 442 g/mol. The summed E-state index contributed by atoms with van der Waals surface area (Å²) in [6, 6.07) is 0.180. The third-order valence-electron chi connectivity index (χ3n) is 6.62. The molecule has 5 rings (SSSR count). The van der Waals surface area contributed by atoms with Crippen molar-refractivity contribution in [1.82, 2.24) is 25.5 Å². The highest BCUT2D eigenvalue weighted by molar-refractivity contribution is 5.65. The predicted octanol–water partition coefficient (Wildman–Crippen LogP) is 2.51. The van der Waals surface area contributed by atoms with E-state index in [0.29, 0.717) is 24.0 Å². The fraction of sp³-hybridized carbons (Fsp3) is 0.500. The number of piperazine rings is 1. The second-order valence-corrected chi connectivity index (χ2v) is 9.02. The third-order valence-corrected chi connectivity index (χ3v) is 6.62. The number of likely N-dealkylation sites (N-methyl/N-ethyl adjacent to an activating group) is 1. The molecule has 182 valence electrons. The second kappa shape index (κ2) is 9.91. The van der Waals surface area contributed by atoms with Gasteiger partial charge in [-0.3, -0.25) is 0 Å². The Kier molecular flexibility index (Phi) is 6.73. The number of aromatic nitrogens is 2. The van der Waals surface area contributed by atoms with Gasteiger partial charge in [-0.15, -0.1) is 0 Å². The van der Waals surface area contributed by atoms with Crippen LogP contribution in [0.5, 0.6) is 0 Å². The van der Waals surface area contributed by atoms with E-state index in [1.54, 1.807) is 17.2 Å². The average molecular weight is 473 g/mol. The largest absolute Gasteiger partial charge is 0.373 e. The maximum atomic E-state index is 13.9. The number of hydrogen-bond acceptors (Lipinski definition) is 8. The first-order valence-corrected chi connectivity index (χ1v) is 11.7. The van der Waals surface area contributed by atoms with E-state index < -0.39 is 18.2 Å². The van der Waals surface area contributed by atoms with Crippen LogP contribution in [0, 0.1) is 0 Å². The smallest absolute Gasteiger partial charge is 0.324 e. The second-order valence-electron chi connectivity index (χ2n) is 9.02. The topological polar surface area (TPSA) is 80.9 Å². The summed E-state index contributed by atoms with van der Waals surface area (Å²) in [6.07, 6.45) is 9.69. The lowest BCUT2D eigenvalue weighted by molar-refractivity contribution is -0.114. The van der Waals surface area contributed by atoms with E-state index >= 15 is 0 Å². The summed E-state index contributed by atoms with van der Waals surface area (Å²) in [5.74, 6) is 0.124. The Bertz CT molecular complexity index is 1060. The maximum Gasteiger partial charge on any atom is 0.324 e. The van der Waals surface area contributed by atoms with E-state index in [2.05, 4.69) is 26.4 Å². The lowest BCUT2D eigenvalue weighted by atomic mass is 9.96. The zero-order valence-corrected chi connectivity index (χ0v) is 19.2. The Morgan fingerprint density at radius 3 is 2.85 bits per heavy atom. The SMILES string of the molecule is CN1C(C2=CC(F)CC(F)=C2)C=CC(O)N1CC1=CCCC(c2noc(N3CCNCC3)n2)=C1. The van der Waals surface area contributed by atoms with Gasteiger partial charge in [0.25, 0.3) is 0 Å². The van der Waals surface area contributed by atoms with Crippen molar-refractivity contribution in [2.24, 2.45) is 0 Å². The number of hydrogen-bond donors (Lipinski definition) is 2. The molecule has 10 heteroatoms. The minimum atomic E-state index is -1.34. The van der Waals surface area contributed by atoms with Crippen LogP contribution in [0.2, 0.25) is 0 Å². The normalized spacial score (nSPS) is 28.9. The molecule has 34 heavy (non-hydrogen) atoms. The van der Waals surface area contributed by atoms with E-state index in [0.717, 1.165) is 50.2 Å². The van der Waals surface area contributed by atoms with Crippen LogP contribution < -0.4 is 10.2 Å². The number of aliphatic hydroxyl groups is 1. The Labute approximate surface area is 197 Å². The molecule has 1 aromatic heterocycles. The molecule has 1 saturated heterocycles. The van der Waals surface area contributed by atoms with Gasteiger partial charge in [-0.25, -0.2) is 18.8 Å². The van der Waals surface area contributed by atoms with Crippen molar-refractivity contribution >= 4 is 11.6 Å². The summed E-state index contributed by atoms with van der Waals surface area (Å²) in [6.45, 7) is 3.87. The number of nitrogens with zero attached hydrogens (tertiary/aromatic N) is 5. The molecule has 0 bridgehead atoms. The third kappa shape index (κ3) is 4.90. The Morgan fingerprint density at radius 2 is 2.06 bits per heavy atom. The fourth-order valence-corrected chi connectivity index (χ4v) is 4.80. The molecule has 0 radical (unpaired) electrons. The van der Waals surface area contributed by atoms with E-state index in [1.165, 1.54) is 12.2 Å². The van der Waals surface area contributed by atoms with Crippen LogP contribution in [0.1, 0.15) is 25.1 Å². The zero-order chi connectivity index (χ0) is 23.7. The molecule has 2 aliphatic carbocycles. The van der Waals surface area contributed by atoms with Gasteiger partial charge in [0.15, 0.2) is 5.82 Å². The van der Waals surface area contributed by atoms with Gasteiger partial charge in [-0.2, -0.15) is 4.98 Å². The van der Waals surface area contributed by atoms with E-state index in [-0.39, 0.29) is 12.5 Å². The lowest BCUT2D eigenvalue weighted by Crippen LogP contribution is -2.54. The summed E-state index contributed by atoms with van der Waals surface area (Å²) in [4.78, 5) is 6.69. The number of anilines is 1. The summed E-state index contributed by atoms with van der Waals surface area (Å²) in [5, 5.41) is 21.8. The number of hydrazine groups is 1. The molecule has 4 aliphatic rings. The monoisotopic (exact) mass is 472 g/mol. The van der Waals surface area contributed by atoms with Gasteiger partial charge in [0.05, 0.1) is 6.04 Å². The molecule has 3 unspecified atom stereocenters. The van der Waals surface area contributed by atoms with Crippen molar-refractivity contribution in [3.05, 3.63) is 59.3 Å². The number of halogens is 2. The van der Waals surface area contributed by atoms with Crippen LogP contribution in [0.4, 0.5) is 14.8 Å². The molecule has 1 fully saturated rings. The zero-order valence-electron chi connectivity index (χ0n) is 19.2. The average Bonchev–Trinajstić information content (AvgIpc) is 3.32. The molecule has 2 aliphatic heterocycles. The molecular formula is C24H30F2N6O2. The Hall–Kier alpha value is -2.66. The first kappa shape index (κ1) is 23.1. The van der Waals surface area contributed by atoms with Gasteiger partial charge < -0.3 is 19.8 Å². The van der Waals surface area contributed by atoms with Crippen molar-refractivity contribution in [2.75, 3.05) is 44.7 Å². The van der Waals surface area contributed by atoms with Crippen LogP contribution in [-0.2, 0) is 0 Å². The Morgan fingerprint density at radius 1 is 1.24 bits per heavy atom. The molecule has 0 amide bonds. The highest BCUT2D eigenvalue weighted by Gasteiger charge is 2.32. The quantitative estimate of drug-likeness (QED) is 0.633. The van der Waals surface area contributed by atoms with Crippen LogP contribution >= 0.6 is 0 Å². The van der Waals surface area contributed by atoms with E-state index in [1.807, 2.05) is 18.1 Å². The van der Waals surface area contributed by atoms with Crippen LogP contribution in [0.25, 0.3) is 5.57 Å². The summed E-state index contributed by atoms with van der Waals surface area (Å²) in [7, 11) is 1.82. The fourth-order valence-electron chi connectivity index (χ4n) is 4.80. The highest BCUT2D eigenvalue weighted by atomic mass is 19.1. The number of aliphatic hydroxyl groups excluding tert-OH is 1. The predicted molar refractivity (Wildman–Crippen MR) is 125 cm³/mol. The lowest BCUT2D eigenvalue weighted by Gasteiger charge is -2.43. The van der Waals surface area contributed by atoms with Crippen molar-refractivity contribution in [3.8, 4) is 0 Å².